The molecule has 0 unspecified atom stereocenters. The lowest BCUT2D eigenvalue weighted by Crippen LogP contribution is -2.21. The number of carboxylic acid groups (broad SMARTS) is 1. The molecule has 0 saturated heterocycles. The van der Waals surface area contributed by atoms with E-state index in [2.05, 4.69) is 9.72 Å². The van der Waals surface area contributed by atoms with Gasteiger partial charge >= 0.3 is 12.3 Å². The predicted molar refractivity (Wildman–Crippen MR) is 47.8 cm³/mol. The Balaban J connectivity index is 3.48. The lowest BCUT2D eigenvalue weighted by atomic mass is 10.2. The summed E-state index contributed by atoms with van der Waals surface area (Å²) in [6.07, 6.45) is -8.41. The number of pyridine rings is 1. The first kappa shape index (κ1) is 14.4. The van der Waals surface area contributed by atoms with E-state index in [1.807, 2.05) is 0 Å². The third kappa shape index (κ3) is 3.19. The molecule has 1 aromatic heterocycles. The fourth-order valence-corrected chi connectivity index (χ4v) is 1.27. The van der Waals surface area contributed by atoms with Crippen LogP contribution >= 0.6 is 11.6 Å². The van der Waals surface area contributed by atoms with Gasteiger partial charge in [-0.05, 0) is 0 Å². The Bertz CT molecular complexity index is 477. The second-order valence-corrected chi connectivity index (χ2v) is 3.22. The molecule has 0 radical (unpaired) electrons. The number of halogens is 6. The number of aromatic nitrogens is 1. The van der Waals surface area contributed by atoms with E-state index < -0.39 is 40.8 Å². The van der Waals surface area contributed by atoms with Crippen molar-refractivity contribution in [2.75, 3.05) is 0 Å². The molecule has 0 spiro atoms. The molecule has 1 heterocycles. The van der Waals surface area contributed by atoms with Gasteiger partial charge in [0.25, 0.3) is 6.43 Å². The van der Waals surface area contributed by atoms with Crippen molar-refractivity contribution < 1.29 is 36.6 Å². The van der Waals surface area contributed by atoms with Crippen molar-refractivity contribution in [3.05, 3.63) is 22.5 Å². The maximum atomic E-state index is 12.5. The molecule has 0 amide bonds. The molecule has 18 heavy (non-hydrogen) atoms. The maximum absolute atomic E-state index is 12.5. The van der Waals surface area contributed by atoms with Crippen LogP contribution < -0.4 is 4.74 Å². The summed E-state index contributed by atoms with van der Waals surface area (Å²) < 4.78 is 64.5. The summed E-state index contributed by atoms with van der Waals surface area (Å²) in [6.45, 7) is 0. The second kappa shape index (κ2) is 4.92. The smallest absolute Gasteiger partial charge is 0.477 e. The van der Waals surface area contributed by atoms with E-state index in [1.165, 1.54) is 0 Å². The molecule has 0 atom stereocenters. The second-order valence-electron chi connectivity index (χ2n) is 2.86. The highest BCUT2D eigenvalue weighted by Crippen LogP contribution is 2.39. The monoisotopic (exact) mass is 291 g/mol. The molecule has 4 nitrogen and oxygen atoms in total. The SMILES string of the molecule is O=C(O)c1cnc(Cl)c(C(F)F)c1OC(F)(F)F. The van der Waals surface area contributed by atoms with Crippen LogP contribution in [-0.2, 0) is 0 Å². The number of alkyl halides is 5. The number of rotatable bonds is 3. The summed E-state index contributed by atoms with van der Waals surface area (Å²) in [5, 5.41) is 7.62. The Hall–Kier alpha value is -1.64. The fraction of sp³-hybridized carbons (Fsp3) is 0.250. The summed E-state index contributed by atoms with van der Waals surface area (Å²) >= 11 is 5.20. The molecular formula is C8H3ClF5NO3. The van der Waals surface area contributed by atoms with E-state index in [1.54, 1.807) is 0 Å². The van der Waals surface area contributed by atoms with E-state index in [0.29, 0.717) is 6.20 Å². The summed E-state index contributed by atoms with van der Waals surface area (Å²) in [7, 11) is 0. The van der Waals surface area contributed by atoms with Crippen LogP contribution in [0.4, 0.5) is 22.0 Å². The summed E-state index contributed by atoms with van der Waals surface area (Å²) in [4.78, 5) is 13.7. The molecule has 0 fully saturated rings. The maximum Gasteiger partial charge on any atom is 0.573 e. The zero-order valence-corrected chi connectivity index (χ0v) is 8.89. The Morgan fingerprint density at radius 3 is 2.39 bits per heavy atom. The highest BCUT2D eigenvalue weighted by molar-refractivity contribution is 6.30. The van der Waals surface area contributed by atoms with E-state index in [4.69, 9.17) is 16.7 Å². The van der Waals surface area contributed by atoms with Crippen LogP contribution in [0.2, 0.25) is 5.15 Å². The molecule has 100 valence electrons. The standard InChI is InChI=1S/C8H3ClF5NO3/c9-5-3(6(10)11)4(18-8(12,13)14)2(1-15-5)7(16)17/h1,6H,(H,16,17). The Kier molecular flexibility index (Phi) is 3.95. The molecular weight excluding hydrogens is 289 g/mol. The predicted octanol–water partition coefficient (Wildman–Crippen LogP) is 3.27. The molecule has 0 aliphatic heterocycles. The first-order valence-electron chi connectivity index (χ1n) is 4.09. The molecule has 0 aliphatic carbocycles. The average Bonchev–Trinajstić information content (AvgIpc) is 2.13. The first-order valence-corrected chi connectivity index (χ1v) is 4.47. The van der Waals surface area contributed by atoms with Gasteiger partial charge in [0.05, 0.1) is 5.56 Å². The molecule has 10 heteroatoms. The van der Waals surface area contributed by atoms with Crippen LogP contribution in [0.1, 0.15) is 22.3 Å². The Morgan fingerprint density at radius 2 is 2.00 bits per heavy atom. The zero-order valence-electron chi connectivity index (χ0n) is 8.13. The van der Waals surface area contributed by atoms with Crippen LogP contribution in [0.5, 0.6) is 5.75 Å². The highest BCUT2D eigenvalue weighted by atomic mass is 35.5. The van der Waals surface area contributed by atoms with Crippen molar-refractivity contribution in [2.24, 2.45) is 0 Å². The lowest BCUT2D eigenvalue weighted by molar-refractivity contribution is -0.275. The fourth-order valence-electron chi connectivity index (χ4n) is 1.06. The van der Waals surface area contributed by atoms with Gasteiger partial charge in [0, 0.05) is 6.20 Å². The van der Waals surface area contributed by atoms with Gasteiger partial charge in [0.1, 0.15) is 10.7 Å². The lowest BCUT2D eigenvalue weighted by Gasteiger charge is -2.15. The Morgan fingerprint density at radius 1 is 1.44 bits per heavy atom. The molecule has 1 aromatic rings. The topological polar surface area (TPSA) is 59.4 Å². The number of hydrogen-bond acceptors (Lipinski definition) is 3. The van der Waals surface area contributed by atoms with Gasteiger partial charge in [-0.2, -0.15) is 0 Å². The van der Waals surface area contributed by atoms with Gasteiger partial charge < -0.3 is 9.84 Å². The number of carbonyl (C=O) groups is 1. The van der Waals surface area contributed by atoms with Gasteiger partial charge in [-0.1, -0.05) is 11.6 Å². The molecule has 0 saturated carbocycles. The van der Waals surface area contributed by atoms with Crippen molar-refractivity contribution in [3.63, 3.8) is 0 Å². The first-order chi connectivity index (χ1) is 8.13. The third-order valence-electron chi connectivity index (χ3n) is 1.68. The van der Waals surface area contributed by atoms with Gasteiger partial charge in [-0.3, -0.25) is 0 Å². The average molecular weight is 292 g/mol. The normalized spacial score (nSPS) is 11.7. The molecule has 0 aliphatic rings. The quantitative estimate of drug-likeness (QED) is 0.686. The van der Waals surface area contributed by atoms with E-state index in [9.17, 15) is 26.7 Å². The van der Waals surface area contributed by atoms with Crippen LogP contribution in [0.3, 0.4) is 0 Å². The number of nitrogens with zero attached hydrogens (tertiary/aromatic N) is 1. The van der Waals surface area contributed by atoms with E-state index >= 15 is 0 Å². The van der Waals surface area contributed by atoms with Crippen molar-refractivity contribution in [3.8, 4) is 5.75 Å². The molecule has 0 bridgehead atoms. The Labute approximate surface area is 101 Å². The molecule has 0 aromatic carbocycles. The number of aromatic carboxylic acids is 1. The van der Waals surface area contributed by atoms with Crippen LogP contribution in [0.15, 0.2) is 6.20 Å². The minimum absolute atomic E-state index is 0.400. The zero-order chi connectivity index (χ0) is 14.1. The third-order valence-corrected chi connectivity index (χ3v) is 1.99. The number of ether oxygens (including phenoxy) is 1. The minimum atomic E-state index is -5.33. The highest BCUT2D eigenvalue weighted by Gasteiger charge is 2.37. The van der Waals surface area contributed by atoms with Gasteiger partial charge in [-0.25, -0.2) is 18.6 Å². The summed E-state index contributed by atoms with van der Waals surface area (Å²) in [5.74, 6) is -3.47. The van der Waals surface area contributed by atoms with Gasteiger partial charge in [0.15, 0.2) is 5.75 Å². The minimum Gasteiger partial charge on any atom is -0.477 e. The summed E-state index contributed by atoms with van der Waals surface area (Å²) in [6, 6.07) is 0. The molecule has 1 N–H and O–H groups in total. The van der Waals surface area contributed by atoms with Crippen molar-refractivity contribution in [2.45, 2.75) is 12.8 Å². The number of carboxylic acids is 1. The van der Waals surface area contributed by atoms with Crippen molar-refractivity contribution in [1.29, 1.82) is 0 Å². The van der Waals surface area contributed by atoms with Crippen molar-refractivity contribution in [1.82, 2.24) is 4.98 Å². The van der Waals surface area contributed by atoms with Crippen LogP contribution in [0, 0.1) is 0 Å². The van der Waals surface area contributed by atoms with Gasteiger partial charge in [0.2, 0.25) is 0 Å². The van der Waals surface area contributed by atoms with E-state index in [-0.39, 0.29) is 0 Å². The van der Waals surface area contributed by atoms with Crippen LogP contribution in [0.25, 0.3) is 0 Å². The van der Waals surface area contributed by atoms with Crippen LogP contribution in [-0.4, -0.2) is 22.4 Å². The van der Waals surface area contributed by atoms with Gasteiger partial charge in [-0.15, -0.1) is 13.2 Å². The van der Waals surface area contributed by atoms with Crippen molar-refractivity contribution >= 4 is 17.6 Å². The number of hydrogen-bond donors (Lipinski definition) is 1. The largest absolute Gasteiger partial charge is 0.573 e. The van der Waals surface area contributed by atoms with E-state index in [0.717, 1.165) is 0 Å². The summed E-state index contributed by atoms with van der Waals surface area (Å²) in [5.41, 5.74) is -2.58. The molecule has 1 rings (SSSR count).